The van der Waals surface area contributed by atoms with Crippen molar-refractivity contribution in [2.75, 3.05) is 26.3 Å². The van der Waals surface area contributed by atoms with Crippen LogP contribution in [0, 0.1) is 6.92 Å². The Balaban J connectivity index is 1.82. The first-order valence-electron chi connectivity index (χ1n) is 6.68. The number of morpholine rings is 1. The fraction of sp³-hybridized carbons (Fsp3) is 0.357. The van der Waals surface area contributed by atoms with Crippen molar-refractivity contribution in [1.82, 2.24) is 9.29 Å². The normalized spacial score (nSPS) is 17.8. The van der Waals surface area contributed by atoms with Gasteiger partial charge in [0, 0.05) is 18.5 Å². The summed E-state index contributed by atoms with van der Waals surface area (Å²) in [4.78, 5) is 4.39. The third-order valence-electron chi connectivity index (χ3n) is 3.28. The van der Waals surface area contributed by atoms with E-state index in [2.05, 4.69) is 4.98 Å². The summed E-state index contributed by atoms with van der Waals surface area (Å²) >= 11 is 1.61. The zero-order valence-electron chi connectivity index (χ0n) is 11.7. The molecule has 0 atom stereocenters. The van der Waals surface area contributed by atoms with Crippen molar-refractivity contribution in [2.24, 2.45) is 0 Å². The molecule has 3 rings (SSSR count). The number of sulfonamides is 1. The number of fused-ring (bicyclic) bond motifs is 1. The zero-order chi connectivity index (χ0) is 14.9. The lowest BCUT2D eigenvalue weighted by Gasteiger charge is -2.24. The van der Waals surface area contributed by atoms with Crippen LogP contribution in [-0.2, 0) is 14.8 Å². The fourth-order valence-electron chi connectivity index (χ4n) is 2.21. The van der Waals surface area contributed by atoms with Gasteiger partial charge in [0.25, 0.3) is 0 Å². The summed E-state index contributed by atoms with van der Waals surface area (Å²) in [5.74, 6) is 0. The van der Waals surface area contributed by atoms with Gasteiger partial charge in [0.2, 0.25) is 10.0 Å². The number of nitrogens with zero attached hydrogens (tertiary/aromatic N) is 2. The van der Waals surface area contributed by atoms with Crippen LogP contribution in [0.1, 0.15) is 10.6 Å². The molecule has 1 aromatic heterocycles. The maximum atomic E-state index is 12.2. The van der Waals surface area contributed by atoms with Crippen LogP contribution < -0.4 is 0 Å². The quantitative estimate of drug-likeness (QED) is 0.869. The third kappa shape index (κ3) is 3.32. The van der Waals surface area contributed by atoms with Crippen molar-refractivity contribution < 1.29 is 13.2 Å². The summed E-state index contributed by atoms with van der Waals surface area (Å²) < 4.78 is 32.1. The molecule has 5 nitrogen and oxygen atoms in total. The SMILES string of the molecule is Cc1nc2ccc(/C=C/S(=O)(=O)N3CCOCC3)cc2s1. The molecule has 0 saturated carbocycles. The first kappa shape index (κ1) is 14.6. The van der Waals surface area contributed by atoms with Gasteiger partial charge in [0.05, 0.1) is 28.4 Å². The summed E-state index contributed by atoms with van der Waals surface area (Å²) in [6.45, 7) is 3.71. The average Bonchev–Trinajstić information content (AvgIpc) is 2.85. The lowest BCUT2D eigenvalue weighted by atomic mass is 10.2. The van der Waals surface area contributed by atoms with E-state index < -0.39 is 10.0 Å². The molecule has 21 heavy (non-hydrogen) atoms. The summed E-state index contributed by atoms with van der Waals surface area (Å²) in [6.07, 6.45) is 1.64. The fourth-order valence-corrected chi connectivity index (χ4v) is 4.25. The van der Waals surface area contributed by atoms with E-state index in [1.54, 1.807) is 17.4 Å². The zero-order valence-corrected chi connectivity index (χ0v) is 13.3. The van der Waals surface area contributed by atoms with Gasteiger partial charge in [0.15, 0.2) is 0 Å². The van der Waals surface area contributed by atoms with Gasteiger partial charge in [-0.25, -0.2) is 13.4 Å². The Labute approximate surface area is 127 Å². The minimum Gasteiger partial charge on any atom is -0.379 e. The summed E-state index contributed by atoms with van der Waals surface area (Å²) in [6, 6.07) is 5.76. The summed E-state index contributed by atoms with van der Waals surface area (Å²) in [5.41, 5.74) is 1.81. The van der Waals surface area contributed by atoms with Crippen molar-refractivity contribution in [2.45, 2.75) is 6.92 Å². The molecule has 0 bridgehead atoms. The van der Waals surface area contributed by atoms with E-state index >= 15 is 0 Å². The van der Waals surface area contributed by atoms with Gasteiger partial charge in [0.1, 0.15) is 0 Å². The van der Waals surface area contributed by atoms with Crippen molar-refractivity contribution in [3.8, 4) is 0 Å². The standard InChI is InChI=1S/C14H16N2O3S2/c1-11-15-13-3-2-12(10-14(13)20-11)4-9-21(17,18)16-5-7-19-8-6-16/h2-4,9-10H,5-8H2,1H3/b9-4+. The van der Waals surface area contributed by atoms with Crippen molar-refractivity contribution >= 4 is 37.7 Å². The number of hydrogen-bond donors (Lipinski definition) is 0. The lowest BCUT2D eigenvalue weighted by Crippen LogP contribution is -2.39. The molecule has 1 fully saturated rings. The highest BCUT2D eigenvalue weighted by Crippen LogP contribution is 2.23. The van der Waals surface area contributed by atoms with E-state index in [9.17, 15) is 8.42 Å². The Morgan fingerprint density at radius 3 is 2.86 bits per heavy atom. The van der Waals surface area contributed by atoms with Crippen LogP contribution in [-0.4, -0.2) is 44.0 Å². The molecule has 1 saturated heterocycles. The van der Waals surface area contributed by atoms with E-state index in [-0.39, 0.29) is 0 Å². The number of ether oxygens (including phenoxy) is 1. The van der Waals surface area contributed by atoms with Gasteiger partial charge in [-0.15, -0.1) is 11.3 Å². The molecule has 0 spiro atoms. The van der Waals surface area contributed by atoms with Crippen LogP contribution in [0.4, 0.5) is 0 Å². The third-order valence-corrected chi connectivity index (χ3v) is 5.78. The van der Waals surface area contributed by atoms with Crippen LogP contribution in [0.3, 0.4) is 0 Å². The molecule has 112 valence electrons. The van der Waals surface area contributed by atoms with E-state index in [0.717, 1.165) is 20.8 Å². The Morgan fingerprint density at radius 2 is 2.10 bits per heavy atom. The number of hydrogen-bond acceptors (Lipinski definition) is 5. The topological polar surface area (TPSA) is 59.5 Å². The van der Waals surface area contributed by atoms with Crippen LogP contribution in [0.2, 0.25) is 0 Å². The molecule has 7 heteroatoms. The van der Waals surface area contributed by atoms with Gasteiger partial charge < -0.3 is 4.74 Å². The predicted octanol–water partition coefficient (Wildman–Crippen LogP) is 2.24. The smallest absolute Gasteiger partial charge is 0.236 e. The van der Waals surface area contributed by atoms with E-state index in [4.69, 9.17) is 4.74 Å². The number of benzene rings is 1. The Bertz CT molecular complexity index is 775. The van der Waals surface area contributed by atoms with E-state index in [1.807, 2.05) is 25.1 Å². The van der Waals surface area contributed by atoms with Crippen LogP contribution >= 0.6 is 11.3 Å². The molecule has 0 aliphatic carbocycles. The van der Waals surface area contributed by atoms with Gasteiger partial charge in [-0.3, -0.25) is 0 Å². The second-order valence-corrected chi connectivity index (χ2v) is 7.87. The maximum Gasteiger partial charge on any atom is 0.236 e. The molecule has 2 heterocycles. The van der Waals surface area contributed by atoms with E-state index in [1.165, 1.54) is 9.71 Å². The van der Waals surface area contributed by atoms with Crippen molar-refractivity contribution in [3.05, 3.63) is 34.2 Å². The Morgan fingerprint density at radius 1 is 1.33 bits per heavy atom. The van der Waals surface area contributed by atoms with Gasteiger partial charge in [-0.1, -0.05) is 6.07 Å². The average molecular weight is 324 g/mol. The van der Waals surface area contributed by atoms with Gasteiger partial charge >= 0.3 is 0 Å². The minimum atomic E-state index is -3.37. The molecule has 2 aromatic rings. The monoisotopic (exact) mass is 324 g/mol. The number of aromatic nitrogens is 1. The molecular formula is C14H16N2O3S2. The first-order valence-corrected chi connectivity index (χ1v) is 9.00. The molecular weight excluding hydrogens is 308 g/mol. The Kier molecular flexibility index (Phi) is 4.08. The summed E-state index contributed by atoms with van der Waals surface area (Å²) in [5, 5.41) is 2.28. The predicted molar refractivity (Wildman–Crippen MR) is 84.7 cm³/mol. The minimum absolute atomic E-state index is 0.416. The second-order valence-electron chi connectivity index (χ2n) is 4.82. The van der Waals surface area contributed by atoms with E-state index in [0.29, 0.717) is 26.3 Å². The summed E-state index contributed by atoms with van der Waals surface area (Å²) in [7, 11) is -3.37. The second kappa shape index (κ2) is 5.84. The highest BCUT2D eigenvalue weighted by Gasteiger charge is 2.21. The van der Waals surface area contributed by atoms with Crippen LogP contribution in [0.25, 0.3) is 16.3 Å². The molecule has 0 unspecified atom stereocenters. The molecule has 0 N–H and O–H groups in total. The molecule has 1 aliphatic heterocycles. The van der Waals surface area contributed by atoms with Crippen molar-refractivity contribution in [3.63, 3.8) is 0 Å². The number of rotatable bonds is 3. The maximum absolute atomic E-state index is 12.2. The molecule has 1 aromatic carbocycles. The molecule has 0 amide bonds. The molecule has 1 aliphatic rings. The Hall–Kier alpha value is -1.28. The first-order chi connectivity index (χ1) is 10.0. The largest absolute Gasteiger partial charge is 0.379 e. The van der Waals surface area contributed by atoms with Crippen molar-refractivity contribution in [1.29, 1.82) is 0 Å². The lowest BCUT2D eigenvalue weighted by molar-refractivity contribution is 0.0736. The van der Waals surface area contributed by atoms with Crippen LogP contribution in [0.5, 0.6) is 0 Å². The number of aryl methyl sites for hydroxylation is 1. The highest BCUT2D eigenvalue weighted by molar-refractivity contribution is 7.92. The van der Waals surface area contributed by atoms with Crippen LogP contribution in [0.15, 0.2) is 23.6 Å². The van der Waals surface area contributed by atoms with Gasteiger partial charge in [-0.2, -0.15) is 4.31 Å². The highest BCUT2D eigenvalue weighted by atomic mass is 32.2. The number of thiazole rings is 1. The molecule has 0 radical (unpaired) electrons. The van der Waals surface area contributed by atoms with Gasteiger partial charge in [-0.05, 0) is 30.7 Å².